The van der Waals surface area contributed by atoms with Crippen LogP contribution in [0.5, 0.6) is 0 Å². The number of likely N-dealkylation sites (tertiary alicyclic amines) is 1. The molecule has 2 saturated heterocycles. The Kier molecular flexibility index (Phi) is 3.68. The van der Waals surface area contributed by atoms with E-state index in [1.165, 1.54) is 4.88 Å². The van der Waals surface area contributed by atoms with E-state index in [0.29, 0.717) is 0 Å². The molecule has 134 valence electrons. The number of anilines is 1. The van der Waals surface area contributed by atoms with Crippen LogP contribution in [-0.2, 0) is 11.2 Å². The monoisotopic (exact) mass is 360 g/mol. The average molecular weight is 360 g/mol. The third kappa shape index (κ3) is 2.94. The van der Waals surface area contributed by atoms with E-state index in [1.54, 1.807) is 22.6 Å². The molecule has 0 saturated carbocycles. The van der Waals surface area contributed by atoms with Crippen molar-refractivity contribution >= 4 is 33.5 Å². The van der Waals surface area contributed by atoms with E-state index >= 15 is 0 Å². The van der Waals surface area contributed by atoms with E-state index in [4.69, 9.17) is 4.74 Å². The number of aromatic nitrogens is 2. The predicted molar refractivity (Wildman–Crippen MR) is 99.2 cm³/mol. The second-order valence-corrected chi connectivity index (χ2v) is 9.29. The molecule has 25 heavy (non-hydrogen) atoms. The van der Waals surface area contributed by atoms with Gasteiger partial charge in [-0.1, -0.05) is 6.92 Å². The number of carbonyl (C=O) groups is 1. The molecule has 0 radical (unpaired) electrons. The number of hydrogen-bond acceptors (Lipinski definition) is 6. The molecule has 0 bridgehead atoms. The number of thiophene rings is 1. The number of fused-ring (bicyclic) bond motifs is 1. The fourth-order valence-corrected chi connectivity index (χ4v) is 4.58. The molecule has 0 atom stereocenters. The second-order valence-electron chi connectivity index (χ2n) is 8.17. The zero-order valence-electron chi connectivity index (χ0n) is 15.2. The lowest BCUT2D eigenvalue weighted by molar-refractivity contribution is -0.0454. The van der Waals surface area contributed by atoms with Crippen LogP contribution in [0.1, 0.15) is 32.6 Å². The lowest BCUT2D eigenvalue weighted by Gasteiger charge is -2.60. The van der Waals surface area contributed by atoms with Crippen LogP contribution in [0.25, 0.3) is 10.2 Å². The topological polar surface area (TPSA) is 58.6 Å². The molecule has 1 spiro atoms. The summed E-state index contributed by atoms with van der Waals surface area (Å²) in [7, 11) is 0. The molecule has 6 nitrogen and oxygen atoms in total. The fourth-order valence-electron chi connectivity index (χ4n) is 3.65. The molecule has 0 unspecified atom stereocenters. The van der Waals surface area contributed by atoms with Gasteiger partial charge in [0.05, 0.1) is 5.39 Å². The quantitative estimate of drug-likeness (QED) is 0.822. The van der Waals surface area contributed by atoms with Gasteiger partial charge < -0.3 is 14.5 Å². The summed E-state index contributed by atoms with van der Waals surface area (Å²) in [5, 5.41) is 1.16. The molecule has 2 aromatic heterocycles. The Morgan fingerprint density at radius 1 is 1.28 bits per heavy atom. The van der Waals surface area contributed by atoms with Gasteiger partial charge in [-0.25, -0.2) is 14.8 Å². The first-order chi connectivity index (χ1) is 11.8. The standard InChI is InChI=1S/C18H24N4O2S/c1-5-12-6-13-14(19-11-20-15(13)25-12)21-7-18(8-21)9-22(10-18)16(23)24-17(2,3)4/h6,11H,5,7-10H2,1-4H3. The fraction of sp³-hybridized carbons (Fsp3) is 0.611. The minimum Gasteiger partial charge on any atom is -0.444 e. The smallest absolute Gasteiger partial charge is 0.410 e. The molecule has 2 aliphatic rings. The van der Waals surface area contributed by atoms with Crippen LogP contribution in [0.3, 0.4) is 0 Å². The number of hydrogen-bond donors (Lipinski definition) is 0. The number of carbonyl (C=O) groups excluding carboxylic acids is 1. The van der Waals surface area contributed by atoms with Gasteiger partial charge in [0.25, 0.3) is 0 Å². The van der Waals surface area contributed by atoms with Crippen molar-refractivity contribution in [2.75, 3.05) is 31.1 Å². The maximum Gasteiger partial charge on any atom is 0.410 e. The molecular formula is C18H24N4O2S. The van der Waals surface area contributed by atoms with E-state index in [0.717, 1.165) is 48.6 Å². The Morgan fingerprint density at radius 2 is 2.00 bits per heavy atom. The van der Waals surface area contributed by atoms with Crippen LogP contribution in [-0.4, -0.2) is 52.7 Å². The minimum absolute atomic E-state index is 0.202. The third-order valence-electron chi connectivity index (χ3n) is 4.76. The Morgan fingerprint density at radius 3 is 2.64 bits per heavy atom. The number of rotatable bonds is 2. The van der Waals surface area contributed by atoms with Gasteiger partial charge in [-0.05, 0) is 33.3 Å². The lowest BCUT2D eigenvalue weighted by atomic mass is 9.73. The molecule has 4 rings (SSSR count). The summed E-state index contributed by atoms with van der Waals surface area (Å²) in [6.45, 7) is 11.3. The molecule has 1 amide bonds. The van der Waals surface area contributed by atoms with Gasteiger partial charge in [0.1, 0.15) is 22.6 Å². The van der Waals surface area contributed by atoms with Gasteiger partial charge >= 0.3 is 6.09 Å². The zero-order chi connectivity index (χ0) is 17.8. The second kappa shape index (κ2) is 5.56. The number of aryl methyl sites for hydroxylation is 1. The summed E-state index contributed by atoms with van der Waals surface area (Å²) in [4.78, 5) is 27.5. The first-order valence-corrected chi connectivity index (χ1v) is 9.57. The predicted octanol–water partition coefficient (Wildman–Crippen LogP) is 3.31. The highest BCUT2D eigenvalue weighted by atomic mass is 32.1. The lowest BCUT2D eigenvalue weighted by Crippen LogP contribution is -2.73. The van der Waals surface area contributed by atoms with E-state index in [-0.39, 0.29) is 11.5 Å². The highest BCUT2D eigenvalue weighted by molar-refractivity contribution is 7.18. The van der Waals surface area contributed by atoms with Crippen LogP contribution in [0.2, 0.25) is 0 Å². The van der Waals surface area contributed by atoms with Crippen molar-refractivity contribution in [2.45, 2.75) is 39.7 Å². The van der Waals surface area contributed by atoms with Crippen molar-refractivity contribution in [1.29, 1.82) is 0 Å². The van der Waals surface area contributed by atoms with Crippen LogP contribution in [0.15, 0.2) is 12.4 Å². The zero-order valence-corrected chi connectivity index (χ0v) is 16.0. The summed E-state index contributed by atoms with van der Waals surface area (Å²) < 4.78 is 5.44. The van der Waals surface area contributed by atoms with Gasteiger partial charge in [-0.15, -0.1) is 11.3 Å². The number of amides is 1. The Hall–Kier alpha value is -1.89. The van der Waals surface area contributed by atoms with Crippen molar-refractivity contribution in [2.24, 2.45) is 5.41 Å². The van der Waals surface area contributed by atoms with Crippen molar-refractivity contribution < 1.29 is 9.53 Å². The van der Waals surface area contributed by atoms with E-state index < -0.39 is 5.60 Å². The maximum atomic E-state index is 12.1. The Balaban J connectivity index is 1.40. The summed E-state index contributed by atoms with van der Waals surface area (Å²) in [5.74, 6) is 1.03. The van der Waals surface area contributed by atoms with E-state index in [1.807, 2.05) is 20.8 Å². The Bertz CT molecular complexity index is 812. The van der Waals surface area contributed by atoms with Gasteiger partial charge in [-0.3, -0.25) is 0 Å². The molecule has 4 heterocycles. The van der Waals surface area contributed by atoms with E-state index in [2.05, 4.69) is 27.9 Å². The van der Waals surface area contributed by atoms with E-state index in [9.17, 15) is 4.79 Å². The largest absolute Gasteiger partial charge is 0.444 e. The van der Waals surface area contributed by atoms with Crippen molar-refractivity contribution in [3.05, 3.63) is 17.3 Å². The molecule has 0 aromatic carbocycles. The summed E-state index contributed by atoms with van der Waals surface area (Å²) in [6.07, 6.45) is 2.48. The van der Waals surface area contributed by atoms with Gasteiger partial charge in [0, 0.05) is 36.5 Å². The molecule has 2 fully saturated rings. The summed E-state index contributed by atoms with van der Waals surface area (Å²) >= 11 is 1.75. The summed E-state index contributed by atoms with van der Waals surface area (Å²) in [5.41, 5.74) is -0.230. The normalized spacial score (nSPS) is 19.0. The van der Waals surface area contributed by atoms with Crippen molar-refractivity contribution in [3.63, 3.8) is 0 Å². The molecule has 2 aromatic rings. The minimum atomic E-state index is -0.437. The Labute approximate surface area is 151 Å². The molecule has 2 aliphatic heterocycles. The first-order valence-electron chi connectivity index (χ1n) is 8.75. The molecular weight excluding hydrogens is 336 g/mol. The molecule has 7 heteroatoms. The molecule has 0 N–H and O–H groups in total. The van der Waals surface area contributed by atoms with Crippen LogP contribution >= 0.6 is 11.3 Å². The van der Waals surface area contributed by atoms with Crippen LogP contribution in [0, 0.1) is 5.41 Å². The van der Waals surface area contributed by atoms with Crippen LogP contribution < -0.4 is 4.90 Å². The number of nitrogens with zero attached hydrogens (tertiary/aromatic N) is 4. The van der Waals surface area contributed by atoms with Crippen molar-refractivity contribution in [3.8, 4) is 0 Å². The third-order valence-corrected chi connectivity index (χ3v) is 5.95. The molecule has 0 aliphatic carbocycles. The van der Waals surface area contributed by atoms with Crippen molar-refractivity contribution in [1.82, 2.24) is 14.9 Å². The SMILES string of the molecule is CCc1cc2c(N3CC4(CN(C(=O)OC(C)(C)C)C4)C3)ncnc2s1. The number of ether oxygens (including phenoxy) is 1. The maximum absolute atomic E-state index is 12.1. The average Bonchev–Trinajstić information content (AvgIpc) is 2.86. The highest BCUT2D eigenvalue weighted by Gasteiger charge is 2.54. The summed E-state index contributed by atoms with van der Waals surface area (Å²) in [6, 6.07) is 2.22. The van der Waals surface area contributed by atoms with Gasteiger partial charge in [0.15, 0.2) is 0 Å². The van der Waals surface area contributed by atoms with Gasteiger partial charge in [0.2, 0.25) is 0 Å². The highest BCUT2D eigenvalue weighted by Crippen LogP contribution is 2.43. The van der Waals surface area contributed by atoms with Gasteiger partial charge in [-0.2, -0.15) is 0 Å². The first kappa shape index (κ1) is 16.6. The van der Waals surface area contributed by atoms with Crippen LogP contribution in [0.4, 0.5) is 10.6 Å².